The van der Waals surface area contributed by atoms with Crippen LogP contribution in [-0.2, 0) is 0 Å². The van der Waals surface area contributed by atoms with E-state index in [0.717, 1.165) is 24.7 Å². The molecule has 0 aromatic carbocycles. The normalized spacial score (nSPS) is 37.6. The third-order valence-corrected chi connectivity index (χ3v) is 4.02. The molecule has 0 N–H and O–H groups in total. The van der Waals surface area contributed by atoms with E-state index in [1.165, 1.54) is 44.9 Å². The molecule has 1 heteroatoms. The Balaban J connectivity index is 1.79. The average molecular weight is 184 g/mol. The van der Waals surface area contributed by atoms with Crippen LogP contribution in [0.3, 0.4) is 0 Å². The zero-order valence-corrected chi connectivity index (χ0v) is 8.47. The van der Waals surface area contributed by atoms with Gasteiger partial charge < -0.3 is 0 Å². The molecule has 0 saturated heterocycles. The van der Waals surface area contributed by atoms with Crippen molar-refractivity contribution < 1.29 is 4.39 Å². The van der Waals surface area contributed by atoms with Crippen LogP contribution in [0.15, 0.2) is 0 Å². The van der Waals surface area contributed by atoms with E-state index in [0.29, 0.717) is 0 Å². The summed E-state index contributed by atoms with van der Waals surface area (Å²) in [7, 11) is 0. The van der Waals surface area contributed by atoms with E-state index in [1.54, 1.807) is 0 Å². The smallest absolute Gasteiger partial charge is 0.100 e. The molecule has 0 amide bonds. The fourth-order valence-electron chi connectivity index (χ4n) is 3.16. The van der Waals surface area contributed by atoms with Gasteiger partial charge >= 0.3 is 0 Å². The zero-order chi connectivity index (χ0) is 9.10. The largest absolute Gasteiger partial charge is 0.247 e. The number of alkyl halides is 1. The second kappa shape index (κ2) is 4.43. The molecule has 2 aliphatic carbocycles. The minimum Gasteiger partial charge on any atom is -0.247 e. The number of hydrogen-bond donors (Lipinski definition) is 0. The van der Waals surface area contributed by atoms with Crippen molar-refractivity contribution in [2.75, 3.05) is 0 Å². The minimum absolute atomic E-state index is 0.472. The van der Waals surface area contributed by atoms with Gasteiger partial charge in [-0.15, -0.1) is 0 Å². The Morgan fingerprint density at radius 1 is 0.615 bits per heavy atom. The Bertz CT molecular complexity index is 141. The number of halogens is 1. The Morgan fingerprint density at radius 2 is 1.15 bits per heavy atom. The van der Waals surface area contributed by atoms with Crippen LogP contribution in [0.2, 0.25) is 0 Å². The summed E-state index contributed by atoms with van der Waals surface area (Å²) in [6, 6.07) is 0. The van der Waals surface area contributed by atoms with Crippen LogP contribution in [0.4, 0.5) is 4.39 Å². The van der Waals surface area contributed by atoms with E-state index < -0.39 is 6.17 Å². The summed E-state index contributed by atoms with van der Waals surface area (Å²) in [5.41, 5.74) is 0. The minimum atomic E-state index is -0.472. The summed E-state index contributed by atoms with van der Waals surface area (Å²) < 4.78 is 12.9. The lowest BCUT2D eigenvalue weighted by Crippen LogP contribution is -2.23. The van der Waals surface area contributed by atoms with Gasteiger partial charge in [-0.05, 0) is 37.5 Å². The van der Waals surface area contributed by atoms with Crippen LogP contribution in [0.5, 0.6) is 0 Å². The van der Waals surface area contributed by atoms with E-state index >= 15 is 0 Å². The third-order valence-electron chi connectivity index (χ3n) is 4.02. The molecule has 0 bridgehead atoms. The van der Waals surface area contributed by atoms with Gasteiger partial charge in [0.05, 0.1) is 0 Å². The monoisotopic (exact) mass is 184 g/mol. The van der Waals surface area contributed by atoms with Gasteiger partial charge in [0.1, 0.15) is 6.17 Å². The first-order valence-corrected chi connectivity index (χ1v) is 6.00. The Hall–Kier alpha value is -0.0700. The second-order valence-electron chi connectivity index (χ2n) is 4.91. The first kappa shape index (κ1) is 9.48. The SMILES string of the molecule is FC1CCC(C2CCCCC2)CC1. The maximum atomic E-state index is 12.9. The van der Waals surface area contributed by atoms with E-state index in [2.05, 4.69) is 0 Å². The van der Waals surface area contributed by atoms with Gasteiger partial charge in [-0.1, -0.05) is 32.1 Å². The Labute approximate surface area is 80.9 Å². The molecule has 0 aromatic rings. The first-order chi connectivity index (χ1) is 6.36. The lowest BCUT2D eigenvalue weighted by Gasteiger charge is -2.33. The Kier molecular flexibility index (Phi) is 3.23. The first-order valence-electron chi connectivity index (χ1n) is 6.00. The summed E-state index contributed by atoms with van der Waals surface area (Å²) in [5.74, 6) is 1.84. The van der Waals surface area contributed by atoms with Crippen LogP contribution in [-0.4, -0.2) is 6.17 Å². The van der Waals surface area contributed by atoms with Crippen LogP contribution >= 0.6 is 0 Å². The van der Waals surface area contributed by atoms with Crippen molar-refractivity contribution in [2.45, 2.75) is 64.0 Å². The molecule has 0 heterocycles. The molecule has 0 aromatic heterocycles. The quantitative estimate of drug-likeness (QED) is 0.575. The molecule has 0 spiro atoms. The summed E-state index contributed by atoms with van der Waals surface area (Å²) in [4.78, 5) is 0. The Morgan fingerprint density at radius 3 is 1.77 bits per heavy atom. The number of rotatable bonds is 1. The average Bonchev–Trinajstić information content (AvgIpc) is 2.20. The van der Waals surface area contributed by atoms with Crippen molar-refractivity contribution in [3.8, 4) is 0 Å². The molecule has 2 fully saturated rings. The summed E-state index contributed by atoms with van der Waals surface area (Å²) in [6.07, 6.45) is 10.7. The highest BCUT2D eigenvalue weighted by molar-refractivity contribution is 4.79. The summed E-state index contributed by atoms with van der Waals surface area (Å²) in [5, 5.41) is 0. The number of hydrogen-bond acceptors (Lipinski definition) is 0. The van der Waals surface area contributed by atoms with Gasteiger partial charge in [-0.25, -0.2) is 4.39 Å². The fourth-order valence-corrected chi connectivity index (χ4v) is 3.16. The molecule has 2 rings (SSSR count). The molecule has 2 aliphatic rings. The van der Waals surface area contributed by atoms with Crippen LogP contribution < -0.4 is 0 Å². The molecule has 0 radical (unpaired) electrons. The molecule has 76 valence electrons. The van der Waals surface area contributed by atoms with Gasteiger partial charge in [0.2, 0.25) is 0 Å². The summed E-state index contributed by atoms with van der Waals surface area (Å²) in [6.45, 7) is 0. The standard InChI is InChI=1S/C12H21F/c13-12-8-6-11(7-9-12)10-4-2-1-3-5-10/h10-12H,1-9H2. The molecule has 0 nitrogen and oxygen atoms in total. The van der Waals surface area contributed by atoms with Crippen LogP contribution in [0.25, 0.3) is 0 Å². The molecule has 0 atom stereocenters. The van der Waals surface area contributed by atoms with Crippen molar-refractivity contribution >= 4 is 0 Å². The molecular formula is C12H21F. The highest BCUT2D eigenvalue weighted by Gasteiger charge is 2.28. The topological polar surface area (TPSA) is 0 Å². The maximum Gasteiger partial charge on any atom is 0.100 e. The fraction of sp³-hybridized carbons (Fsp3) is 1.00. The predicted molar refractivity (Wildman–Crippen MR) is 53.4 cm³/mol. The van der Waals surface area contributed by atoms with Crippen molar-refractivity contribution in [1.29, 1.82) is 0 Å². The van der Waals surface area contributed by atoms with Crippen LogP contribution in [0.1, 0.15) is 57.8 Å². The van der Waals surface area contributed by atoms with Gasteiger partial charge in [0.25, 0.3) is 0 Å². The molecule has 2 saturated carbocycles. The van der Waals surface area contributed by atoms with E-state index in [1.807, 2.05) is 0 Å². The second-order valence-corrected chi connectivity index (χ2v) is 4.91. The van der Waals surface area contributed by atoms with Gasteiger partial charge in [-0.3, -0.25) is 0 Å². The van der Waals surface area contributed by atoms with E-state index in [9.17, 15) is 4.39 Å². The molecule has 13 heavy (non-hydrogen) atoms. The van der Waals surface area contributed by atoms with Crippen molar-refractivity contribution in [3.05, 3.63) is 0 Å². The lowest BCUT2D eigenvalue weighted by molar-refractivity contribution is 0.142. The summed E-state index contributed by atoms with van der Waals surface area (Å²) >= 11 is 0. The van der Waals surface area contributed by atoms with Gasteiger partial charge in [0.15, 0.2) is 0 Å². The lowest BCUT2D eigenvalue weighted by atomic mass is 9.73. The van der Waals surface area contributed by atoms with E-state index in [4.69, 9.17) is 0 Å². The predicted octanol–water partition coefficient (Wildman–Crippen LogP) is 4.10. The van der Waals surface area contributed by atoms with Gasteiger partial charge in [-0.2, -0.15) is 0 Å². The molecule has 0 unspecified atom stereocenters. The highest BCUT2D eigenvalue weighted by atomic mass is 19.1. The van der Waals surface area contributed by atoms with Crippen molar-refractivity contribution in [3.63, 3.8) is 0 Å². The molecule has 0 aliphatic heterocycles. The van der Waals surface area contributed by atoms with Crippen LogP contribution in [0, 0.1) is 11.8 Å². The maximum absolute atomic E-state index is 12.9. The van der Waals surface area contributed by atoms with E-state index in [-0.39, 0.29) is 0 Å². The van der Waals surface area contributed by atoms with Crippen molar-refractivity contribution in [2.24, 2.45) is 11.8 Å². The van der Waals surface area contributed by atoms with Crippen molar-refractivity contribution in [1.82, 2.24) is 0 Å². The third kappa shape index (κ3) is 2.45. The molecular weight excluding hydrogens is 163 g/mol. The van der Waals surface area contributed by atoms with Gasteiger partial charge in [0, 0.05) is 0 Å². The highest BCUT2D eigenvalue weighted by Crippen LogP contribution is 2.38. The zero-order valence-electron chi connectivity index (χ0n) is 8.47.